The number of hydrogen-bond donors (Lipinski definition) is 3. The first-order valence-electron chi connectivity index (χ1n) is 5.48. The Bertz CT molecular complexity index is 493. The van der Waals surface area contributed by atoms with Crippen molar-refractivity contribution in [1.82, 2.24) is 0 Å². The normalized spacial score (nSPS) is 21.9. The van der Waals surface area contributed by atoms with E-state index in [4.69, 9.17) is 26.1 Å². The third-order valence-corrected chi connectivity index (χ3v) is 2.59. The van der Waals surface area contributed by atoms with Gasteiger partial charge in [0.1, 0.15) is 23.8 Å². The predicted octanol–water partition coefficient (Wildman–Crippen LogP) is 0.711. The van der Waals surface area contributed by atoms with Crippen molar-refractivity contribution in [1.29, 1.82) is 0 Å². The monoisotopic (exact) mass is 269 g/mol. The lowest BCUT2D eigenvalue weighted by Gasteiger charge is -2.30. The third kappa shape index (κ3) is 3.65. The first-order valence-corrected chi connectivity index (χ1v) is 5.48. The van der Waals surface area contributed by atoms with Crippen LogP contribution in [0.4, 0.5) is 10.1 Å². The summed E-state index contributed by atoms with van der Waals surface area (Å²) < 4.78 is 19.0. The maximum absolute atomic E-state index is 13.7. The van der Waals surface area contributed by atoms with Gasteiger partial charge < -0.3 is 21.3 Å². The van der Waals surface area contributed by atoms with Crippen molar-refractivity contribution in [2.45, 2.75) is 12.5 Å². The number of hydrogen-bond acceptors (Lipinski definition) is 5. The number of carboxylic acid groups (broad SMARTS) is 1. The number of amidine groups is 1. The molecule has 0 saturated carbocycles. The van der Waals surface area contributed by atoms with Crippen molar-refractivity contribution in [2.75, 3.05) is 18.9 Å². The molecule has 0 radical (unpaired) electrons. The molecule has 0 saturated heterocycles. The molecule has 0 aromatic heterocycles. The highest BCUT2D eigenvalue weighted by Gasteiger charge is 2.32. The van der Waals surface area contributed by atoms with Gasteiger partial charge in [0, 0.05) is 11.3 Å². The van der Waals surface area contributed by atoms with Gasteiger partial charge in [-0.2, -0.15) is 0 Å². The van der Waals surface area contributed by atoms with E-state index >= 15 is 0 Å². The van der Waals surface area contributed by atoms with Gasteiger partial charge in [-0.25, -0.2) is 4.39 Å². The van der Waals surface area contributed by atoms with Crippen LogP contribution in [0.15, 0.2) is 23.2 Å². The van der Waals surface area contributed by atoms with E-state index in [-0.39, 0.29) is 12.3 Å². The lowest BCUT2D eigenvalue weighted by atomic mass is 9.92. The number of carbonyl (C=O) groups is 1. The lowest BCUT2D eigenvalue weighted by Crippen LogP contribution is -2.38. The molecule has 104 valence electrons. The second-order valence-corrected chi connectivity index (χ2v) is 4.21. The van der Waals surface area contributed by atoms with E-state index in [0.717, 1.165) is 0 Å². The molecule has 1 aliphatic rings. The fourth-order valence-corrected chi connectivity index (χ4v) is 1.83. The Morgan fingerprint density at radius 3 is 2.74 bits per heavy atom. The first kappa shape index (κ1) is 14.9. The fraction of sp³-hybridized carbons (Fsp3) is 0.333. The number of nitrogens with zero attached hydrogens (tertiary/aromatic N) is 1. The van der Waals surface area contributed by atoms with Gasteiger partial charge in [-0.05, 0) is 25.1 Å². The first-order chi connectivity index (χ1) is 8.92. The van der Waals surface area contributed by atoms with Gasteiger partial charge in [-0.1, -0.05) is 0 Å². The predicted molar refractivity (Wildman–Crippen MR) is 69.3 cm³/mol. The summed E-state index contributed by atoms with van der Waals surface area (Å²) in [5.41, 5.74) is 11.4. The second-order valence-electron chi connectivity index (χ2n) is 4.21. The van der Waals surface area contributed by atoms with Crippen LogP contribution in [0.25, 0.3) is 0 Å². The van der Waals surface area contributed by atoms with Crippen LogP contribution in [0, 0.1) is 5.82 Å². The van der Waals surface area contributed by atoms with E-state index in [1.807, 2.05) is 0 Å². The van der Waals surface area contributed by atoms with Crippen molar-refractivity contribution >= 4 is 18.0 Å². The Balaban J connectivity index is 0.000000550. The molecule has 1 atom stereocenters. The molecule has 1 aromatic carbocycles. The molecule has 0 spiro atoms. The summed E-state index contributed by atoms with van der Waals surface area (Å²) in [5.74, 6) is 0.0225. The summed E-state index contributed by atoms with van der Waals surface area (Å²) in [7, 11) is 0. The van der Waals surface area contributed by atoms with Crippen molar-refractivity contribution in [2.24, 2.45) is 10.7 Å². The highest BCUT2D eigenvalue weighted by atomic mass is 19.1. The Labute approximate surface area is 109 Å². The smallest absolute Gasteiger partial charge is 0.290 e. The Morgan fingerprint density at radius 1 is 1.53 bits per heavy atom. The largest absolute Gasteiger partial charge is 0.483 e. The van der Waals surface area contributed by atoms with Gasteiger partial charge in [-0.15, -0.1) is 0 Å². The van der Waals surface area contributed by atoms with Crippen LogP contribution in [0.3, 0.4) is 0 Å². The minimum atomic E-state index is -0.790. The minimum absolute atomic E-state index is 0.250. The van der Waals surface area contributed by atoms with E-state index in [0.29, 0.717) is 30.3 Å². The molecule has 0 amide bonds. The molecule has 5 N–H and O–H groups in total. The Hall–Kier alpha value is -2.15. The SMILES string of the molecule is C[C@@]1(c2cc(N)ccc2F)COCC(N)=N1.O=CO. The number of halogens is 1. The van der Waals surface area contributed by atoms with E-state index in [9.17, 15) is 4.39 Å². The van der Waals surface area contributed by atoms with Crippen molar-refractivity contribution in [3.8, 4) is 0 Å². The van der Waals surface area contributed by atoms with Gasteiger partial charge in [0.15, 0.2) is 0 Å². The van der Waals surface area contributed by atoms with Gasteiger partial charge in [0.2, 0.25) is 0 Å². The Kier molecular flexibility index (Phi) is 4.82. The molecule has 1 aliphatic heterocycles. The Morgan fingerprint density at radius 2 is 2.16 bits per heavy atom. The van der Waals surface area contributed by atoms with E-state index < -0.39 is 5.54 Å². The number of rotatable bonds is 1. The fourth-order valence-electron chi connectivity index (χ4n) is 1.83. The topological polar surface area (TPSA) is 111 Å². The molecule has 0 unspecified atom stereocenters. The molecular formula is C12H16FN3O3. The number of benzene rings is 1. The van der Waals surface area contributed by atoms with Crippen LogP contribution in [-0.4, -0.2) is 30.6 Å². The number of aliphatic imine (C=N–C) groups is 1. The highest BCUT2D eigenvalue weighted by Crippen LogP contribution is 2.31. The van der Waals surface area contributed by atoms with Gasteiger partial charge in [-0.3, -0.25) is 9.79 Å². The molecule has 1 heterocycles. The average molecular weight is 269 g/mol. The number of ether oxygens (including phenoxy) is 1. The summed E-state index contributed by atoms with van der Waals surface area (Å²) >= 11 is 0. The standard InChI is InChI=1S/C11H14FN3O.CH2O2/c1-11(6-16-5-10(14)15-11)8-4-7(13)2-3-9(8)12;2-1-3/h2-4H,5-6,13H2,1H3,(H2,14,15);1H,(H,2,3)/t11-;/m0./s1. The van der Waals surface area contributed by atoms with Crippen LogP contribution < -0.4 is 11.5 Å². The van der Waals surface area contributed by atoms with Gasteiger partial charge in [0.05, 0.1) is 6.61 Å². The number of nitrogen functional groups attached to an aromatic ring is 1. The third-order valence-electron chi connectivity index (χ3n) is 2.59. The van der Waals surface area contributed by atoms with E-state index in [2.05, 4.69) is 4.99 Å². The number of anilines is 1. The van der Waals surface area contributed by atoms with Crippen LogP contribution in [-0.2, 0) is 15.1 Å². The minimum Gasteiger partial charge on any atom is -0.483 e. The summed E-state index contributed by atoms with van der Waals surface area (Å²) in [4.78, 5) is 12.6. The zero-order valence-electron chi connectivity index (χ0n) is 10.5. The average Bonchev–Trinajstić information content (AvgIpc) is 2.33. The zero-order valence-corrected chi connectivity index (χ0v) is 10.5. The van der Waals surface area contributed by atoms with Crippen molar-refractivity contribution < 1.29 is 19.0 Å². The molecule has 0 bridgehead atoms. The summed E-state index contributed by atoms with van der Waals surface area (Å²) in [5, 5.41) is 6.89. The molecular weight excluding hydrogens is 253 g/mol. The maximum Gasteiger partial charge on any atom is 0.290 e. The molecule has 7 heteroatoms. The highest BCUT2D eigenvalue weighted by molar-refractivity contribution is 5.82. The summed E-state index contributed by atoms with van der Waals surface area (Å²) in [6.07, 6.45) is 0. The molecule has 2 rings (SSSR count). The van der Waals surface area contributed by atoms with Gasteiger partial charge in [0.25, 0.3) is 6.47 Å². The second kappa shape index (κ2) is 6.14. The maximum atomic E-state index is 13.7. The van der Waals surface area contributed by atoms with E-state index in [1.165, 1.54) is 12.1 Å². The molecule has 0 aliphatic carbocycles. The van der Waals surface area contributed by atoms with Crippen molar-refractivity contribution in [3.05, 3.63) is 29.6 Å². The summed E-state index contributed by atoms with van der Waals surface area (Å²) in [6.45, 7) is 2.12. The molecule has 19 heavy (non-hydrogen) atoms. The summed E-state index contributed by atoms with van der Waals surface area (Å²) in [6, 6.07) is 4.41. The van der Waals surface area contributed by atoms with Crippen LogP contribution >= 0.6 is 0 Å². The van der Waals surface area contributed by atoms with Crippen molar-refractivity contribution in [3.63, 3.8) is 0 Å². The van der Waals surface area contributed by atoms with Crippen LogP contribution in [0.1, 0.15) is 12.5 Å². The molecule has 0 fully saturated rings. The molecule has 1 aromatic rings. The number of nitrogens with two attached hydrogens (primary N) is 2. The van der Waals surface area contributed by atoms with Crippen LogP contribution in [0.2, 0.25) is 0 Å². The van der Waals surface area contributed by atoms with Gasteiger partial charge >= 0.3 is 0 Å². The lowest BCUT2D eigenvalue weighted by molar-refractivity contribution is -0.122. The quantitative estimate of drug-likeness (QED) is 0.513. The van der Waals surface area contributed by atoms with E-state index in [1.54, 1.807) is 13.0 Å². The van der Waals surface area contributed by atoms with Crippen LogP contribution in [0.5, 0.6) is 0 Å². The molecule has 6 nitrogen and oxygen atoms in total. The zero-order chi connectivity index (χ0) is 14.5.